The van der Waals surface area contributed by atoms with E-state index in [-0.39, 0.29) is 11.8 Å². The van der Waals surface area contributed by atoms with E-state index in [1.807, 2.05) is 43.3 Å². The van der Waals surface area contributed by atoms with Gasteiger partial charge >= 0.3 is 0 Å². The van der Waals surface area contributed by atoms with Crippen LogP contribution in [0.25, 0.3) is 0 Å². The van der Waals surface area contributed by atoms with Crippen molar-refractivity contribution in [2.24, 2.45) is 11.7 Å². The minimum atomic E-state index is -3.53. The van der Waals surface area contributed by atoms with Gasteiger partial charge in [0.2, 0.25) is 10.0 Å². The lowest BCUT2D eigenvalue weighted by atomic mass is 9.89. The molecule has 5 nitrogen and oxygen atoms in total. The summed E-state index contributed by atoms with van der Waals surface area (Å²) in [5.41, 5.74) is 7.96. The molecule has 0 saturated carbocycles. The van der Waals surface area contributed by atoms with Crippen LogP contribution in [0.1, 0.15) is 11.5 Å². The smallest absolute Gasteiger partial charge is 0.243 e. The molecule has 25 heavy (non-hydrogen) atoms. The number of hydrogen-bond donors (Lipinski definition) is 1. The molecule has 0 radical (unpaired) electrons. The van der Waals surface area contributed by atoms with E-state index < -0.39 is 10.0 Å². The van der Waals surface area contributed by atoms with Crippen LogP contribution < -0.4 is 10.6 Å². The Kier molecular flexibility index (Phi) is 5.13. The van der Waals surface area contributed by atoms with Crippen LogP contribution in [0.4, 0.5) is 5.69 Å². The van der Waals surface area contributed by atoms with Gasteiger partial charge in [-0.2, -0.15) is 4.31 Å². The van der Waals surface area contributed by atoms with Gasteiger partial charge in [-0.3, -0.25) is 0 Å². The summed E-state index contributed by atoms with van der Waals surface area (Å²) in [6, 6.07) is 17.1. The van der Waals surface area contributed by atoms with Gasteiger partial charge in [-0.15, -0.1) is 0 Å². The highest BCUT2D eigenvalue weighted by atomic mass is 32.2. The fraction of sp³-hybridized carbons (Fsp3) is 0.368. The topological polar surface area (TPSA) is 66.6 Å². The minimum absolute atomic E-state index is 0.134. The number of rotatable bonds is 5. The predicted octanol–water partition coefficient (Wildman–Crippen LogP) is 2.12. The van der Waals surface area contributed by atoms with Gasteiger partial charge in [0, 0.05) is 38.8 Å². The van der Waals surface area contributed by atoms with Crippen LogP contribution in [-0.2, 0) is 10.0 Å². The molecule has 134 valence electrons. The third-order valence-corrected chi connectivity index (χ3v) is 6.74. The molecule has 2 aromatic carbocycles. The SMILES string of the molecule is CN(C)c1cccc(S(=O)(=O)N2C[C@@H](CN)[C@H](c3ccccc3)C2)c1. The second kappa shape index (κ2) is 7.15. The lowest BCUT2D eigenvalue weighted by molar-refractivity contribution is 0.459. The first-order valence-corrected chi connectivity index (χ1v) is 9.90. The molecule has 1 fully saturated rings. The van der Waals surface area contributed by atoms with Crippen molar-refractivity contribution in [2.45, 2.75) is 10.8 Å². The molecule has 0 unspecified atom stereocenters. The van der Waals surface area contributed by atoms with Crippen LogP contribution in [0.3, 0.4) is 0 Å². The number of hydrogen-bond acceptors (Lipinski definition) is 4. The van der Waals surface area contributed by atoms with Crippen molar-refractivity contribution in [1.29, 1.82) is 0 Å². The molecule has 1 heterocycles. The molecule has 0 amide bonds. The van der Waals surface area contributed by atoms with E-state index in [1.165, 1.54) is 0 Å². The first-order valence-electron chi connectivity index (χ1n) is 8.46. The van der Waals surface area contributed by atoms with Crippen LogP contribution in [0.2, 0.25) is 0 Å². The molecule has 6 heteroatoms. The van der Waals surface area contributed by atoms with Crippen molar-refractivity contribution in [1.82, 2.24) is 4.31 Å². The molecule has 0 aromatic heterocycles. The monoisotopic (exact) mass is 359 g/mol. The second-order valence-electron chi connectivity index (χ2n) is 6.73. The zero-order valence-electron chi connectivity index (χ0n) is 14.7. The Balaban J connectivity index is 1.90. The van der Waals surface area contributed by atoms with Crippen LogP contribution in [-0.4, -0.2) is 46.5 Å². The van der Waals surface area contributed by atoms with Crippen LogP contribution in [0, 0.1) is 5.92 Å². The van der Waals surface area contributed by atoms with Crippen molar-refractivity contribution in [2.75, 3.05) is 38.6 Å². The highest BCUT2D eigenvalue weighted by Crippen LogP contribution is 2.35. The normalized spacial score (nSPS) is 21.4. The third kappa shape index (κ3) is 3.56. The fourth-order valence-electron chi connectivity index (χ4n) is 3.42. The van der Waals surface area contributed by atoms with Crippen molar-refractivity contribution in [3.8, 4) is 0 Å². The Morgan fingerprint density at radius 3 is 2.44 bits per heavy atom. The van der Waals surface area contributed by atoms with E-state index >= 15 is 0 Å². The maximum absolute atomic E-state index is 13.1. The highest BCUT2D eigenvalue weighted by Gasteiger charge is 2.39. The van der Waals surface area contributed by atoms with Crippen molar-refractivity contribution < 1.29 is 8.42 Å². The first-order chi connectivity index (χ1) is 11.9. The molecule has 2 atom stereocenters. The number of nitrogens with zero attached hydrogens (tertiary/aromatic N) is 2. The summed E-state index contributed by atoms with van der Waals surface area (Å²) >= 11 is 0. The summed E-state index contributed by atoms with van der Waals surface area (Å²) < 4.78 is 27.8. The summed E-state index contributed by atoms with van der Waals surface area (Å²) in [7, 11) is 0.273. The summed E-state index contributed by atoms with van der Waals surface area (Å²) in [6.07, 6.45) is 0. The van der Waals surface area contributed by atoms with Crippen LogP contribution in [0.5, 0.6) is 0 Å². The Morgan fingerprint density at radius 1 is 1.08 bits per heavy atom. The van der Waals surface area contributed by atoms with E-state index in [9.17, 15) is 8.42 Å². The van der Waals surface area contributed by atoms with Crippen molar-refractivity contribution in [3.05, 3.63) is 60.2 Å². The van der Waals surface area contributed by atoms with E-state index in [4.69, 9.17) is 5.73 Å². The second-order valence-corrected chi connectivity index (χ2v) is 8.66. The molecule has 0 aliphatic carbocycles. The summed E-state index contributed by atoms with van der Waals surface area (Å²) in [5.74, 6) is 0.271. The molecule has 1 saturated heterocycles. The molecule has 0 spiro atoms. The molecule has 0 bridgehead atoms. The van der Waals surface area contributed by atoms with Gasteiger partial charge in [0.1, 0.15) is 0 Å². The Labute approximate surface area is 150 Å². The van der Waals surface area contributed by atoms with Crippen molar-refractivity contribution in [3.63, 3.8) is 0 Å². The zero-order valence-corrected chi connectivity index (χ0v) is 15.5. The molecular weight excluding hydrogens is 334 g/mol. The van der Waals surface area contributed by atoms with E-state index in [1.54, 1.807) is 22.5 Å². The molecule has 2 N–H and O–H groups in total. The average Bonchev–Trinajstić information content (AvgIpc) is 3.08. The van der Waals surface area contributed by atoms with Crippen molar-refractivity contribution >= 4 is 15.7 Å². The highest BCUT2D eigenvalue weighted by molar-refractivity contribution is 7.89. The Morgan fingerprint density at radius 2 is 1.80 bits per heavy atom. The maximum Gasteiger partial charge on any atom is 0.243 e. The fourth-order valence-corrected chi connectivity index (χ4v) is 4.98. The lowest BCUT2D eigenvalue weighted by Gasteiger charge is -2.19. The van der Waals surface area contributed by atoms with Gasteiger partial charge < -0.3 is 10.6 Å². The Bertz CT molecular complexity index is 822. The quantitative estimate of drug-likeness (QED) is 0.888. The summed E-state index contributed by atoms with van der Waals surface area (Å²) in [5, 5.41) is 0. The van der Waals surface area contributed by atoms with E-state index in [0.29, 0.717) is 24.5 Å². The Hall–Kier alpha value is -1.89. The number of sulfonamides is 1. The number of benzene rings is 2. The van der Waals surface area contributed by atoms with E-state index in [2.05, 4.69) is 12.1 Å². The molecule has 3 rings (SSSR count). The van der Waals surface area contributed by atoms with Crippen LogP contribution in [0.15, 0.2) is 59.5 Å². The van der Waals surface area contributed by atoms with Gasteiger partial charge in [-0.25, -0.2) is 8.42 Å². The molecule has 1 aliphatic rings. The average molecular weight is 359 g/mol. The van der Waals surface area contributed by atoms with E-state index in [0.717, 1.165) is 11.3 Å². The predicted molar refractivity (Wildman–Crippen MR) is 101 cm³/mol. The molecular formula is C19H25N3O2S. The third-order valence-electron chi connectivity index (χ3n) is 4.91. The summed E-state index contributed by atoms with van der Waals surface area (Å²) in [6.45, 7) is 1.41. The molecule has 1 aliphatic heterocycles. The van der Waals surface area contributed by atoms with Gasteiger partial charge in [-0.1, -0.05) is 36.4 Å². The summed E-state index contributed by atoms with van der Waals surface area (Å²) in [4.78, 5) is 2.24. The number of nitrogens with two attached hydrogens (primary N) is 1. The minimum Gasteiger partial charge on any atom is -0.378 e. The van der Waals surface area contributed by atoms with Gasteiger partial charge in [0.25, 0.3) is 0 Å². The number of anilines is 1. The van der Waals surface area contributed by atoms with Gasteiger partial charge in [0.15, 0.2) is 0 Å². The molecule has 2 aromatic rings. The lowest BCUT2D eigenvalue weighted by Crippen LogP contribution is -2.30. The first kappa shape index (κ1) is 17.9. The van der Waals surface area contributed by atoms with Gasteiger partial charge in [-0.05, 0) is 36.2 Å². The van der Waals surface area contributed by atoms with Gasteiger partial charge in [0.05, 0.1) is 4.90 Å². The van der Waals surface area contributed by atoms with Crippen LogP contribution >= 0.6 is 0 Å². The zero-order chi connectivity index (χ0) is 18.0. The standard InChI is InChI=1S/C19H25N3O2S/c1-21(2)17-9-6-10-18(11-17)25(23,24)22-13-16(12-20)19(14-22)15-7-4-3-5-8-15/h3-11,16,19H,12-14,20H2,1-2H3/t16-,19+/m1/s1. The largest absolute Gasteiger partial charge is 0.378 e. The maximum atomic E-state index is 13.1.